The number of methoxy groups -OCH3 is 2. The van der Waals surface area contributed by atoms with E-state index in [-0.39, 0.29) is 5.95 Å². The molecule has 0 aliphatic carbocycles. The minimum atomic E-state index is -4.47. The number of hydrogen-bond donors (Lipinski definition) is 0. The average molecular weight is 382 g/mol. The quantitative estimate of drug-likeness (QED) is 0.793. The van der Waals surface area contributed by atoms with E-state index in [9.17, 15) is 13.2 Å². The van der Waals surface area contributed by atoms with Crippen molar-refractivity contribution >= 4 is 5.95 Å². The van der Waals surface area contributed by atoms with Crippen LogP contribution in [-0.2, 0) is 12.7 Å². The Morgan fingerprint density at radius 2 is 1.78 bits per heavy atom. The van der Waals surface area contributed by atoms with Crippen LogP contribution in [-0.4, -0.2) is 55.3 Å². The fourth-order valence-electron chi connectivity index (χ4n) is 3.01. The number of piperazine rings is 1. The van der Waals surface area contributed by atoms with Crippen LogP contribution in [0.2, 0.25) is 0 Å². The second kappa shape index (κ2) is 7.99. The first-order valence-corrected chi connectivity index (χ1v) is 8.49. The molecule has 0 bridgehead atoms. The summed E-state index contributed by atoms with van der Waals surface area (Å²) in [5.74, 6) is 1.64. The first kappa shape index (κ1) is 19.2. The third-order valence-electron chi connectivity index (χ3n) is 4.47. The molecule has 0 amide bonds. The average Bonchev–Trinajstić information content (AvgIpc) is 2.68. The van der Waals surface area contributed by atoms with Crippen molar-refractivity contribution in [2.45, 2.75) is 12.7 Å². The van der Waals surface area contributed by atoms with Crippen molar-refractivity contribution in [3.05, 3.63) is 41.7 Å². The predicted octanol–water partition coefficient (Wildman–Crippen LogP) is 2.83. The van der Waals surface area contributed by atoms with Crippen molar-refractivity contribution in [3.63, 3.8) is 0 Å². The number of alkyl halides is 3. The summed E-state index contributed by atoms with van der Waals surface area (Å²) in [6, 6.07) is 6.52. The Morgan fingerprint density at radius 3 is 2.41 bits per heavy atom. The van der Waals surface area contributed by atoms with Crippen molar-refractivity contribution in [1.82, 2.24) is 14.9 Å². The van der Waals surface area contributed by atoms with Crippen molar-refractivity contribution in [3.8, 4) is 11.5 Å². The Labute approximate surface area is 155 Å². The maximum Gasteiger partial charge on any atom is 0.433 e. The highest BCUT2D eigenvalue weighted by molar-refractivity contribution is 5.40. The molecule has 6 nitrogen and oxygen atoms in total. The summed E-state index contributed by atoms with van der Waals surface area (Å²) in [7, 11) is 3.23. The van der Waals surface area contributed by atoms with E-state index < -0.39 is 11.9 Å². The van der Waals surface area contributed by atoms with E-state index in [2.05, 4.69) is 14.9 Å². The Hall–Kier alpha value is -2.55. The van der Waals surface area contributed by atoms with E-state index >= 15 is 0 Å². The molecule has 1 aliphatic rings. The molecule has 1 aromatic carbocycles. The highest BCUT2D eigenvalue weighted by atomic mass is 19.4. The Bertz CT molecular complexity index is 777. The molecule has 1 fully saturated rings. The molecule has 1 aliphatic heterocycles. The van der Waals surface area contributed by atoms with Crippen LogP contribution >= 0.6 is 0 Å². The maximum atomic E-state index is 12.8. The number of nitrogens with zero attached hydrogens (tertiary/aromatic N) is 4. The van der Waals surface area contributed by atoms with E-state index in [1.165, 1.54) is 0 Å². The fourth-order valence-corrected chi connectivity index (χ4v) is 3.01. The van der Waals surface area contributed by atoms with Gasteiger partial charge in [0.25, 0.3) is 0 Å². The fraction of sp³-hybridized carbons (Fsp3) is 0.444. The van der Waals surface area contributed by atoms with Crippen LogP contribution in [0.5, 0.6) is 11.5 Å². The summed E-state index contributed by atoms with van der Waals surface area (Å²) in [6.45, 7) is 3.12. The van der Waals surface area contributed by atoms with Crippen molar-refractivity contribution in [1.29, 1.82) is 0 Å². The van der Waals surface area contributed by atoms with Crippen molar-refractivity contribution in [2.75, 3.05) is 45.3 Å². The minimum Gasteiger partial charge on any atom is -0.497 e. The SMILES string of the molecule is COc1ccc(OC)c(CN2CCN(c3nccc(C(F)(F)F)n3)CC2)c1. The Morgan fingerprint density at radius 1 is 1.04 bits per heavy atom. The molecule has 0 atom stereocenters. The summed E-state index contributed by atoms with van der Waals surface area (Å²) in [4.78, 5) is 11.6. The van der Waals surface area contributed by atoms with Gasteiger partial charge < -0.3 is 14.4 Å². The molecule has 2 aromatic rings. The molecular weight excluding hydrogens is 361 g/mol. The number of rotatable bonds is 5. The van der Waals surface area contributed by atoms with Gasteiger partial charge in [-0.3, -0.25) is 4.90 Å². The van der Waals surface area contributed by atoms with E-state index in [4.69, 9.17) is 9.47 Å². The zero-order valence-corrected chi connectivity index (χ0v) is 15.2. The predicted molar refractivity (Wildman–Crippen MR) is 94.1 cm³/mol. The van der Waals surface area contributed by atoms with Crippen molar-refractivity contribution in [2.24, 2.45) is 0 Å². The van der Waals surface area contributed by atoms with Gasteiger partial charge in [0, 0.05) is 44.5 Å². The standard InChI is InChI=1S/C18H21F3N4O2/c1-26-14-3-4-15(27-2)13(11-14)12-24-7-9-25(10-8-24)17-22-6-5-16(23-17)18(19,20)21/h3-6,11H,7-10,12H2,1-2H3. The van der Waals surface area contributed by atoms with Crippen LogP contribution < -0.4 is 14.4 Å². The first-order chi connectivity index (χ1) is 12.9. The molecule has 1 aromatic heterocycles. The van der Waals surface area contributed by atoms with Gasteiger partial charge in [0.15, 0.2) is 0 Å². The van der Waals surface area contributed by atoms with Crippen LogP contribution in [0, 0.1) is 0 Å². The van der Waals surface area contributed by atoms with Gasteiger partial charge in [0.1, 0.15) is 17.2 Å². The second-order valence-electron chi connectivity index (χ2n) is 6.18. The largest absolute Gasteiger partial charge is 0.497 e. The van der Waals surface area contributed by atoms with Gasteiger partial charge in [0.05, 0.1) is 14.2 Å². The van der Waals surface area contributed by atoms with Gasteiger partial charge in [-0.25, -0.2) is 9.97 Å². The minimum absolute atomic E-state index is 0.114. The molecule has 0 radical (unpaired) electrons. The number of benzene rings is 1. The van der Waals surface area contributed by atoms with Crippen LogP contribution in [0.15, 0.2) is 30.5 Å². The van der Waals surface area contributed by atoms with E-state index in [0.717, 1.165) is 29.3 Å². The Kier molecular flexibility index (Phi) is 5.69. The van der Waals surface area contributed by atoms with Gasteiger partial charge in [-0.1, -0.05) is 0 Å². The molecule has 27 heavy (non-hydrogen) atoms. The molecule has 9 heteroatoms. The molecule has 1 saturated heterocycles. The van der Waals surface area contributed by atoms with Gasteiger partial charge in [-0.15, -0.1) is 0 Å². The molecule has 2 heterocycles. The summed E-state index contributed by atoms with van der Waals surface area (Å²) in [5.41, 5.74) is 0.0802. The number of ether oxygens (including phenoxy) is 2. The molecule has 0 saturated carbocycles. The third kappa shape index (κ3) is 4.60. The lowest BCUT2D eigenvalue weighted by Gasteiger charge is -2.35. The van der Waals surface area contributed by atoms with Gasteiger partial charge in [0.2, 0.25) is 5.95 Å². The van der Waals surface area contributed by atoms with Crippen LogP contribution in [0.4, 0.5) is 19.1 Å². The lowest BCUT2D eigenvalue weighted by atomic mass is 10.1. The van der Waals surface area contributed by atoms with Crippen LogP contribution in [0.3, 0.4) is 0 Å². The van der Waals surface area contributed by atoms with Gasteiger partial charge in [-0.2, -0.15) is 13.2 Å². The lowest BCUT2D eigenvalue weighted by Crippen LogP contribution is -2.46. The number of anilines is 1. The lowest BCUT2D eigenvalue weighted by molar-refractivity contribution is -0.141. The highest BCUT2D eigenvalue weighted by Gasteiger charge is 2.33. The molecule has 0 unspecified atom stereocenters. The first-order valence-electron chi connectivity index (χ1n) is 8.49. The van der Waals surface area contributed by atoms with Crippen LogP contribution in [0.25, 0.3) is 0 Å². The van der Waals surface area contributed by atoms with E-state index in [1.807, 2.05) is 18.2 Å². The van der Waals surface area contributed by atoms with Gasteiger partial charge >= 0.3 is 6.18 Å². The topological polar surface area (TPSA) is 50.7 Å². The molecule has 0 spiro atoms. The molecular formula is C18H21F3N4O2. The molecule has 3 rings (SSSR count). The number of aromatic nitrogens is 2. The highest BCUT2D eigenvalue weighted by Crippen LogP contribution is 2.29. The smallest absolute Gasteiger partial charge is 0.433 e. The zero-order valence-electron chi connectivity index (χ0n) is 15.2. The zero-order chi connectivity index (χ0) is 19.4. The summed E-state index contributed by atoms with van der Waals surface area (Å²) >= 11 is 0. The maximum absolute atomic E-state index is 12.8. The normalized spacial score (nSPS) is 15.7. The molecule has 146 valence electrons. The number of hydrogen-bond acceptors (Lipinski definition) is 6. The van der Waals surface area contributed by atoms with Gasteiger partial charge in [-0.05, 0) is 24.3 Å². The van der Waals surface area contributed by atoms with E-state index in [1.54, 1.807) is 19.1 Å². The van der Waals surface area contributed by atoms with E-state index in [0.29, 0.717) is 32.7 Å². The summed E-state index contributed by atoms with van der Waals surface area (Å²) < 4.78 is 49.2. The molecule has 0 N–H and O–H groups in total. The summed E-state index contributed by atoms with van der Waals surface area (Å²) in [6.07, 6.45) is -3.32. The van der Waals surface area contributed by atoms with Crippen molar-refractivity contribution < 1.29 is 22.6 Å². The van der Waals surface area contributed by atoms with Crippen LogP contribution in [0.1, 0.15) is 11.3 Å². The third-order valence-corrected chi connectivity index (χ3v) is 4.47. The summed E-state index contributed by atoms with van der Waals surface area (Å²) in [5, 5.41) is 0. The Balaban J connectivity index is 1.65. The number of halogens is 3. The monoisotopic (exact) mass is 382 g/mol. The second-order valence-corrected chi connectivity index (χ2v) is 6.18.